The Morgan fingerprint density at radius 3 is 2.63 bits per heavy atom. The average Bonchev–Trinajstić information content (AvgIpc) is 2.73. The molecule has 1 heterocycles. The van der Waals surface area contributed by atoms with Gasteiger partial charge in [-0.3, -0.25) is 9.59 Å². The summed E-state index contributed by atoms with van der Waals surface area (Å²) in [6.45, 7) is 2.04. The van der Waals surface area contributed by atoms with Crippen LogP contribution in [0, 0.1) is 6.92 Å². The molecule has 4 N–H and O–H groups in total. The van der Waals surface area contributed by atoms with Crippen LogP contribution in [-0.4, -0.2) is 45.6 Å². The Labute approximate surface area is 110 Å². The number of hydrogen-bond donors (Lipinski definition) is 3. The van der Waals surface area contributed by atoms with Crippen LogP contribution in [0.1, 0.15) is 22.3 Å². The maximum Gasteiger partial charge on any atom is 0.325 e. The summed E-state index contributed by atoms with van der Waals surface area (Å²) in [5.41, 5.74) is 5.48. The number of nitrogens with two attached hydrogens (primary N) is 1. The van der Waals surface area contributed by atoms with Crippen LogP contribution < -0.4 is 5.73 Å². The Bertz CT molecular complexity index is 543. The van der Waals surface area contributed by atoms with E-state index < -0.39 is 11.5 Å². The van der Waals surface area contributed by atoms with Crippen molar-refractivity contribution in [3.63, 3.8) is 0 Å². The second-order valence-corrected chi connectivity index (χ2v) is 4.94. The van der Waals surface area contributed by atoms with Gasteiger partial charge in [0.2, 0.25) is 0 Å². The fraction of sp³-hybridized carbons (Fsp3) is 0.385. The van der Waals surface area contributed by atoms with E-state index in [0.717, 1.165) is 0 Å². The van der Waals surface area contributed by atoms with Gasteiger partial charge in [0, 0.05) is 18.7 Å². The molecule has 1 aromatic rings. The summed E-state index contributed by atoms with van der Waals surface area (Å²) in [6.07, 6.45) is 0.241. The van der Waals surface area contributed by atoms with E-state index >= 15 is 0 Å². The number of likely N-dealkylation sites (tertiary alicyclic amines) is 1. The number of aryl methyl sites for hydroxylation is 1. The first-order valence-electron chi connectivity index (χ1n) is 5.95. The van der Waals surface area contributed by atoms with Crippen LogP contribution >= 0.6 is 0 Å². The van der Waals surface area contributed by atoms with Gasteiger partial charge in [-0.05, 0) is 37.1 Å². The largest absolute Gasteiger partial charge is 0.508 e. The molecule has 2 rings (SSSR count). The standard InChI is InChI=1S/C13H16N2O4/c1-8-6-9(16)2-3-10(8)11(17)15-5-4-13(14,7-15)12(18)19/h2-3,6,16H,4-5,7,14H2,1H3,(H,18,19). The third-order valence-corrected chi connectivity index (χ3v) is 3.45. The maximum absolute atomic E-state index is 12.3. The molecule has 1 fully saturated rings. The minimum absolute atomic E-state index is 0.00147. The van der Waals surface area contributed by atoms with Crippen molar-refractivity contribution in [2.24, 2.45) is 5.73 Å². The molecular formula is C13H16N2O4. The number of phenols is 1. The topological polar surface area (TPSA) is 104 Å². The summed E-state index contributed by atoms with van der Waals surface area (Å²) >= 11 is 0. The Hall–Kier alpha value is -2.08. The van der Waals surface area contributed by atoms with Gasteiger partial charge in [0.25, 0.3) is 5.91 Å². The molecule has 0 aromatic heterocycles. The van der Waals surface area contributed by atoms with E-state index in [1.54, 1.807) is 6.92 Å². The van der Waals surface area contributed by atoms with E-state index in [4.69, 9.17) is 10.8 Å². The molecule has 1 atom stereocenters. The Kier molecular flexibility index (Phi) is 3.20. The molecule has 1 aromatic carbocycles. The van der Waals surface area contributed by atoms with Crippen molar-refractivity contribution in [1.29, 1.82) is 0 Å². The van der Waals surface area contributed by atoms with Crippen molar-refractivity contribution < 1.29 is 19.8 Å². The lowest BCUT2D eigenvalue weighted by atomic mass is 10.0. The zero-order valence-corrected chi connectivity index (χ0v) is 10.6. The summed E-state index contributed by atoms with van der Waals surface area (Å²) in [5.74, 6) is -1.26. The number of carbonyl (C=O) groups excluding carboxylic acids is 1. The SMILES string of the molecule is Cc1cc(O)ccc1C(=O)N1CCC(N)(C(=O)O)C1. The highest BCUT2D eigenvalue weighted by Gasteiger charge is 2.43. The second kappa shape index (κ2) is 4.55. The van der Waals surface area contributed by atoms with Crippen LogP contribution in [0.2, 0.25) is 0 Å². The van der Waals surface area contributed by atoms with Gasteiger partial charge in [0.05, 0.1) is 0 Å². The predicted octanol–water partition coefficient (Wildman–Crippen LogP) is 0.329. The molecule has 19 heavy (non-hydrogen) atoms. The quantitative estimate of drug-likeness (QED) is 0.714. The van der Waals surface area contributed by atoms with E-state index in [9.17, 15) is 14.7 Å². The molecule has 0 bridgehead atoms. The molecule has 1 aliphatic rings. The highest BCUT2D eigenvalue weighted by atomic mass is 16.4. The fourth-order valence-corrected chi connectivity index (χ4v) is 2.24. The van der Waals surface area contributed by atoms with E-state index in [0.29, 0.717) is 17.7 Å². The first-order chi connectivity index (χ1) is 8.83. The number of benzene rings is 1. The summed E-state index contributed by atoms with van der Waals surface area (Å²) in [5, 5.41) is 18.4. The number of rotatable bonds is 2. The van der Waals surface area contributed by atoms with E-state index in [2.05, 4.69) is 0 Å². The number of phenolic OH excluding ortho intramolecular Hbond substituents is 1. The van der Waals surface area contributed by atoms with Crippen molar-refractivity contribution in [2.75, 3.05) is 13.1 Å². The number of carbonyl (C=O) groups is 2. The third-order valence-electron chi connectivity index (χ3n) is 3.45. The monoisotopic (exact) mass is 264 g/mol. The molecule has 1 amide bonds. The van der Waals surface area contributed by atoms with Gasteiger partial charge in [-0.2, -0.15) is 0 Å². The molecule has 0 aliphatic carbocycles. The van der Waals surface area contributed by atoms with E-state index in [-0.39, 0.29) is 24.6 Å². The molecule has 6 heteroatoms. The molecule has 0 radical (unpaired) electrons. The van der Waals surface area contributed by atoms with Gasteiger partial charge < -0.3 is 20.8 Å². The number of carboxylic acids is 1. The lowest BCUT2D eigenvalue weighted by Gasteiger charge is -2.20. The van der Waals surface area contributed by atoms with Crippen LogP contribution in [0.4, 0.5) is 0 Å². The van der Waals surface area contributed by atoms with E-state index in [1.165, 1.54) is 23.1 Å². The number of amides is 1. The van der Waals surface area contributed by atoms with Crippen molar-refractivity contribution in [2.45, 2.75) is 18.9 Å². The first kappa shape index (κ1) is 13.4. The molecule has 0 saturated carbocycles. The predicted molar refractivity (Wildman–Crippen MR) is 67.9 cm³/mol. The number of aromatic hydroxyl groups is 1. The first-order valence-corrected chi connectivity index (χ1v) is 5.95. The summed E-state index contributed by atoms with van der Waals surface area (Å²) in [4.78, 5) is 24.8. The number of hydrogen-bond acceptors (Lipinski definition) is 4. The van der Waals surface area contributed by atoms with Crippen molar-refractivity contribution >= 4 is 11.9 Å². The average molecular weight is 264 g/mol. The third kappa shape index (κ3) is 2.39. The Morgan fingerprint density at radius 1 is 1.42 bits per heavy atom. The number of carboxylic acid groups (broad SMARTS) is 1. The van der Waals surface area contributed by atoms with Gasteiger partial charge in [-0.15, -0.1) is 0 Å². The summed E-state index contributed by atoms with van der Waals surface area (Å²) < 4.78 is 0. The molecule has 1 aliphatic heterocycles. The molecule has 1 saturated heterocycles. The lowest BCUT2D eigenvalue weighted by Crippen LogP contribution is -2.50. The van der Waals surface area contributed by atoms with Gasteiger partial charge in [-0.1, -0.05) is 0 Å². The van der Waals surface area contributed by atoms with Crippen molar-refractivity contribution in [3.8, 4) is 5.75 Å². The van der Waals surface area contributed by atoms with Crippen LogP contribution in [0.15, 0.2) is 18.2 Å². The number of nitrogens with zero attached hydrogens (tertiary/aromatic N) is 1. The number of aliphatic carboxylic acids is 1. The summed E-state index contributed by atoms with van der Waals surface area (Å²) in [6, 6.07) is 4.46. The maximum atomic E-state index is 12.3. The second-order valence-electron chi connectivity index (χ2n) is 4.94. The lowest BCUT2D eigenvalue weighted by molar-refractivity contribution is -0.142. The van der Waals surface area contributed by atoms with Crippen LogP contribution in [0.5, 0.6) is 5.75 Å². The fourth-order valence-electron chi connectivity index (χ4n) is 2.24. The van der Waals surface area contributed by atoms with Crippen LogP contribution in [0.25, 0.3) is 0 Å². The smallest absolute Gasteiger partial charge is 0.325 e. The van der Waals surface area contributed by atoms with Crippen molar-refractivity contribution in [3.05, 3.63) is 29.3 Å². The molecule has 102 valence electrons. The molecule has 1 unspecified atom stereocenters. The Morgan fingerprint density at radius 2 is 2.11 bits per heavy atom. The zero-order valence-electron chi connectivity index (χ0n) is 10.6. The van der Waals surface area contributed by atoms with Gasteiger partial charge in [0.1, 0.15) is 11.3 Å². The Balaban J connectivity index is 2.20. The van der Waals surface area contributed by atoms with Gasteiger partial charge in [-0.25, -0.2) is 0 Å². The van der Waals surface area contributed by atoms with Gasteiger partial charge >= 0.3 is 5.97 Å². The van der Waals surface area contributed by atoms with E-state index in [1.807, 2.05) is 0 Å². The summed E-state index contributed by atoms with van der Waals surface area (Å²) in [7, 11) is 0. The molecule has 0 spiro atoms. The minimum Gasteiger partial charge on any atom is -0.508 e. The van der Waals surface area contributed by atoms with Crippen molar-refractivity contribution in [1.82, 2.24) is 4.90 Å². The highest BCUT2D eigenvalue weighted by Crippen LogP contribution is 2.23. The zero-order chi connectivity index (χ0) is 14.2. The van der Waals surface area contributed by atoms with Crippen LogP contribution in [-0.2, 0) is 4.79 Å². The molecular weight excluding hydrogens is 248 g/mol. The van der Waals surface area contributed by atoms with Gasteiger partial charge in [0.15, 0.2) is 0 Å². The van der Waals surface area contributed by atoms with Crippen LogP contribution in [0.3, 0.4) is 0 Å². The molecule has 6 nitrogen and oxygen atoms in total. The highest BCUT2D eigenvalue weighted by molar-refractivity contribution is 5.96. The normalized spacial score (nSPS) is 22.5. The minimum atomic E-state index is -1.36.